The van der Waals surface area contributed by atoms with Gasteiger partial charge in [0.25, 0.3) is 5.91 Å². The van der Waals surface area contributed by atoms with Gasteiger partial charge in [0, 0.05) is 18.8 Å². The average Bonchev–Trinajstić information content (AvgIpc) is 2.97. The molecule has 1 heterocycles. The summed E-state index contributed by atoms with van der Waals surface area (Å²) in [6.07, 6.45) is -1.12. The van der Waals surface area contributed by atoms with Crippen LogP contribution in [0, 0.1) is 0 Å². The van der Waals surface area contributed by atoms with Crippen LogP contribution in [0.1, 0.15) is 22.8 Å². The number of hydrogen-bond acceptors (Lipinski definition) is 8. The van der Waals surface area contributed by atoms with Crippen molar-refractivity contribution in [3.63, 3.8) is 0 Å². The van der Waals surface area contributed by atoms with E-state index >= 15 is 0 Å². The fourth-order valence-corrected chi connectivity index (χ4v) is 5.23. The maximum Gasteiger partial charge on any atom is 0.339 e. The van der Waals surface area contributed by atoms with Gasteiger partial charge >= 0.3 is 5.97 Å². The van der Waals surface area contributed by atoms with Crippen molar-refractivity contribution in [2.45, 2.75) is 24.5 Å². The SMILES string of the molecule is COc1cc(C(=O)O[C@H](C)C(=O)Nc2ccc(S(=O)(=O)N3CCOCC3)cc2)ccc1OCc1ccccc1. The monoisotopic (exact) mass is 554 g/mol. The predicted molar refractivity (Wildman–Crippen MR) is 143 cm³/mol. The van der Waals surface area contributed by atoms with Crippen molar-refractivity contribution >= 4 is 27.6 Å². The van der Waals surface area contributed by atoms with Crippen LogP contribution in [0.3, 0.4) is 0 Å². The zero-order valence-electron chi connectivity index (χ0n) is 21.7. The number of nitrogens with zero attached hydrogens (tertiary/aromatic N) is 1. The Kier molecular flexibility index (Phi) is 9.18. The lowest BCUT2D eigenvalue weighted by atomic mass is 10.2. The second-order valence-electron chi connectivity index (χ2n) is 8.72. The highest BCUT2D eigenvalue weighted by Crippen LogP contribution is 2.29. The van der Waals surface area contributed by atoms with Crippen LogP contribution in [-0.2, 0) is 30.9 Å². The number of carbonyl (C=O) groups excluding carboxylic acids is 2. The number of ether oxygens (including phenoxy) is 4. The highest BCUT2D eigenvalue weighted by molar-refractivity contribution is 7.89. The Morgan fingerprint density at radius 2 is 1.67 bits per heavy atom. The standard InChI is InChI=1S/C28H30N2O8S/c1-20(27(31)29-23-9-11-24(12-10-23)39(33,34)30-14-16-36-17-15-30)38-28(32)22-8-13-25(26(18-22)35-2)37-19-21-6-4-3-5-7-21/h3-13,18,20H,14-17,19H2,1-2H3,(H,29,31)/t20-/m1/s1. The molecule has 1 atom stereocenters. The first-order valence-electron chi connectivity index (χ1n) is 12.3. The highest BCUT2D eigenvalue weighted by atomic mass is 32.2. The first-order valence-corrected chi connectivity index (χ1v) is 13.8. The Hall–Kier alpha value is -3.93. The van der Waals surface area contributed by atoms with Crippen LogP contribution in [0.2, 0.25) is 0 Å². The van der Waals surface area contributed by atoms with Gasteiger partial charge in [-0.3, -0.25) is 4.79 Å². The molecule has 4 rings (SSSR count). The van der Waals surface area contributed by atoms with Crippen LogP contribution in [0.4, 0.5) is 5.69 Å². The maximum atomic E-state index is 12.8. The Labute approximate surface area is 227 Å². The van der Waals surface area contributed by atoms with Gasteiger partial charge in [-0.25, -0.2) is 13.2 Å². The average molecular weight is 555 g/mol. The molecule has 3 aromatic rings. The third kappa shape index (κ3) is 7.14. The molecule has 0 saturated carbocycles. The van der Waals surface area contributed by atoms with E-state index in [1.165, 1.54) is 54.7 Å². The molecule has 0 aromatic heterocycles. The number of nitrogens with one attached hydrogen (secondary N) is 1. The summed E-state index contributed by atoms with van der Waals surface area (Å²) in [6.45, 7) is 3.06. The van der Waals surface area contributed by atoms with E-state index in [-0.39, 0.29) is 10.5 Å². The van der Waals surface area contributed by atoms with Gasteiger partial charge in [-0.1, -0.05) is 30.3 Å². The van der Waals surface area contributed by atoms with Gasteiger partial charge in [-0.15, -0.1) is 0 Å². The normalized spacial score (nSPS) is 14.7. The number of esters is 1. The van der Waals surface area contributed by atoms with Gasteiger partial charge in [0.15, 0.2) is 17.6 Å². The van der Waals surface area contributed by atoms with Gasteiger partial charge in [0.2, 0.25) is 10.0 Å². The van der Waals surface area contributed by atoms with E-state index in [2.05, 4.69) is 5.32 Å². The third-order valence-corrected chi connectivity index (χ3v) is 7.93. The summed E-state index contributed by atoms with van der Waals surface area (Å²) in [5.74, 6) is -0.466. The minimum absolute atomic E-state index is 0.118. The predicted octanol–water partition coefficient (Wildman–Crippen LogP) is 3.48. The number of benzene rings is 3. The lowest BCUT2D eigenvalue weighted by molar-refractivity contribution is -0.123. The van der Waals surface area contributed by atoms with Gasteiger partial charge in [-0.05, 0) is 55.0 Å². The number of sulfonamides is 1. The van der Waals surface area contributed by atoms with Gasteiger partial charge in [0.05, 0.1) is 30.8 Å². The van der Waals surface area contributed by atoms with Crippen LogP contribution >= 0.6 is 0 Å². The van der Waals surface area contributed by atoms with Crippen molar-refractivity contribution in [3.05, 3.63) is 83.9 Å². The molecule has 0 spiro atoms. The molecule has 206 valence electrons. The summed E-state index contributed by atoms with van der Waals surface area (Å²) in [7, 11) is -2.18. The molecule has 0 radical (unpaired) electrons. The fourth-order valence-electron chi connectivity index (χ4n) is 3.82. The first-order chi connectivity index (χ1) is 18.8. The van der Waals surface area contributed by atoms with Crippen LogP contribution in [-0.4, -0.2) is 64.1 Å². The third-order valence-electron chi connectivity index (χ3n) is 6.02. The summed E-state index contributed by atoms with van der Waals surface area (Å²) in [4.78, 5) is 25.4. The van der Waals surface area contributed by atoms with E-state index in [1.807, 2.05) is 30.3 Å². The number of methoxy groups -OCH3 is 1. The molecule has 1 amide bonds. The topological polar surface area (TPSA) is 120 Å². The van der Waals surface area contributed by atoms with Crippen molar-refractivity contribution < 1.29 is 37.0 Å². The smallest absolute Gasteiger partial charge is 0.339 e. The van der Waals surface area contributed by atoms with E-state index in [9.17, 15) is 18.0 Å². The van der Waals surface area contributed by atoms with Crippen molar-refractivity contribution in [2.24, 2.45) is 0 Å². The maximum absolute atomic E-state index is 12.8. The number of carbonyl (C=O) groups is 2. The second-order valence-corrected chi connectivity index (χ2v) is 10.7. The summed E-state index contributed by atoms with van der Waals surface area (Å²) < 4.78 is 48.6. The van der Waals surface area contributed by atoms with Crippen LogP contribution < -0.4 is 14.8 Å². The van der Waals surface area contributed by atoms with Gasteiger partial charge < -0.3 is 24.3 Å². The lowest BCUT2D eigenvalue weighted by Gasteiger charge is -2.26. The zero-order valence-corrected chi connectivity index (χ0v) is 22.5. The van der Waals surface area contributed by atoms with Crippen LogP contribution in [0.15, 0.2) is 77.7 Å². The summed E-state index contributed by atoms with van der Waals surface area (Å²) in [6, 6.07) is 20.1. The zero-order chi connectivity index (χ0) is 27.8. The van der Waals surface area contributed by atoms with Crippen molar-refractivity contribution in [1.29, 1.82) is 0 Å². The molecule has 0 bridgehead atoms. The molecule has 0 unspecified atom stereocenters. The highest BCUT2D eigenvalue weighted by Gasteiger charge is 2.26. The minimum Gasteiger partial charge on any atom is -0.493 e. The number of morpholine rings is 1. The molecule has 11 heteroatoms. The van der Waals surface area contributed by atoms with E-state index < -0.39 is 28.0 Å². The molecule has 3 aromatic carbocycles. The largest absolute Gasteiger partial charge is 0.493 e. The molecule has 0 aliphatic carbocycles. The second kappa shape index (κ2) is 12.7. The summed E-state index contributed by atoms with van der Waals surface area (Å²) in [5, 5.41) is 2.63. The molecule has 1 saturated heterocycles. The van der Waals surface area contributed by atoms with Crippen LogP contribution in [0.5, 0.6) is 11.5 Å². The molecule has 1 aliphatic rings. The van der Waals surface area contributed by atoms with Crippen LogP contribution in [0.25, 0.3) is 0 Å². The molecule has 1 aliphatic heterocycles. The van der Waals surface area contributed by atoms with E-state index in [1.54, 1.807) is 6.07 Å². The van der Waals surface area contributed by atoms with E-state index in [0.717, 1.165) is 5.56 Å². The fraction of sp³-hybridized carbons (Fsp3) is 0.286. The lowest BCUT2D eigenvalue weighted by Crippen LogP contribution is -2.40. The van der Waals surface area contributed by atoms with E-state index in [4.69, 9.17) is 18.9 Å². The Balaban J connectivity index is 1.33. The number of amides is 1. The quantitative estimate of drug-likeness (QED) is 0.378. The Morgan fingerprint density at radius 3 is 2.33 bits per heavy atom. The first kappa shape index (κ1) is 28.1. The molecule has 10 nitrogen and oxygen atoms in total. The molecule has 1 N–H and O–H groups in total. The van der Waals surface area contributed by atoms with E-state index in [0.29, 0.717) is 50.1 Å². The number of rotatable bonds is 10. The van der Waals surface area contributed by atoms with Crippen molar-refractivity contribution in [3.8, 4) is 11.5 Å². The molecular formula is C28H30N2O8S. The van der Waals surface area contributed by atoms with Crippen molar-refractivity contribution in [2.75, 3.05) is 38.7 Å². The van der Waals surface area contributed by atoms with Gasteiger partial charge in [-0.2, -0.15) is 4.31 Å². The molecule has 39 heavy (non-hydrogen) atoms. The minimum atomic E-state index is -3.64. The summed E-state index contributed by atoms with van der Waals surface area (Å²) >= 11 is 0. The Morgan fingerprint density at radius 1 is 0.974 bits per heavy atom. The number of anilines is 1. The number of hydrogen-bond donors (Lipinski definition) is 1. The van der Waals surface area contributed by atoms with Gasteiger partial charge in [0.1, 0.15) is 6.61 Å². The molecule has 1 fully saturated rings. The summed E-state index contributed by atoms with van der Waals surface area (Å²) in [5.41, 5.74) is 1.54. The molecular weight excluding hydrogens is 524 g/mol. The van der Waals surface area contributed by atoms with Crippen molar-refractivity contribution in [1.82, 2.24) is 4.31 Å². The Bertz CT molecular complexity index is 1390.